The van der Waals surface area contributed by atoms with Crippen LogP contribution in [0.4, 0.5) is 0 Å². The van der Waals surface area contributed by atoms with Crippen molar-refractivity contribution in [1.29, 1.82) is 0 Å². The van der Waals surface area contributed by atoms with Crippen LogP contribution in [0.25, 0.3) is 0 Å². The van der Waals surface area contributed by atoms with Gasteiger partial charge in [0, 0.05) is 0 Å². The monoisotopic (exact) mass is 284 g/mol. The maximum atomic E-state index is 3.67. The van der Waals surface area contributed by atoms with Crippen LogP contribution in [0.1, 0.15) is 32.1 Å². The second-order valence-corrected chi connectivity index (χ2v) is 14.7. The van der Waals surface area contributed by atoms with E-state index in [0.717, 1.165) is 5.92 Å². The van der Waals surface area contributed by atoms with Crippen molar-refractivity contribution in [3.63, 3.8) is 0 Å². The van der Waals surface area contributed by atoms with E-state index in [1.54, 1.807) is 0 Å². The van der Waals surface area contributed by atoms with Crippen LogP contribution < -0.4 is 0 Å². The Morgan fingerprint density at radius 3 is 2.20 bits per heavy atom. The number of hydrogen-bond acceptors (Lipinski definition) is 0. The molecule has 0 aromatic heterocycles. The second kappa shape index (κ2) is 4.94. The van der Waals surface area contributed by atoms with E-state index >= 15 is 0 Å². The average molecular weight is 286 g/mol. The van der Waals surface area contributed by atoms with Gasteiger partial charge in [-0.15, -0.1) is 30.6 Å². The molecule has 0 N–H and O–H groups in total. The van der Waals surface area contributed by atoms with Crippen LogP contribution in [0.2, 0.25) is 6.04 Å². The van der Waals surface area contributed by atoms with Crippen molar-refractivity contribution in [2.45, 2.75) is 38.1 Å². The van der Waals surface area contributed by atoms with Crippen molar-refractivity contribution in [2.24, 2.45) is 5.92 Å². The summed E-state index contributed by atoms with van der Waals surface area (Å²) in [6, 6.07) is 0.826. The van der Waals surface area contributed by atoms with Crippen LogP contribution in [0.5, 0.6) is 0 Å². The molecule has 10 heavy (non-hydrogen) atoms. The molecule has 0 aromatic carbocycles. The van der Waals surface area contributed by atoms with Gasteiger partial charge in [0.05, 0.1) is 0 Å². The van der Waals surface area contributed by atoms with Crippen LogP contribution in [-0.4, -0.2) is 6.04 Å². The van der Waals surface area contributed by atoms with Gasteiger partial charge in [0.25, 0.3) is 0 Å². The molecule has 0 spiro atoms. The van der Waals surface area contributed by atoms with Gasteiger partial charge < -0.3 is 0 Å². The minimum absolute atomic E-state index is 0.619. The maximum absolute atomic E-state index is 3.67. The average Bonchev–Trinajstić information content (AvgIpc) is 1.88. The molecule has 0 heterocycles. The molecule has 1 aliphatic rings. The molecule has 0 bridgehead atoms. The topological polar surface area (TPSA) is 0 Å². The first-order valence-electron chi connectivity index (χ1n) is 4.07. The lowest BCUT2D eigenvalue weighted by molar-refractivity contribution is 0.385. The fourth-order valence-corrected chi connectivity index (χ4v) is 5.82. The summed E-state index contributed by atoms with van der Waals surface area (Å²) in [5.41, 5.74) is 0. The summed E-state index contributed by atoms with van der Waals surface area (Å²) in [5, 5.41) is 0. The van der Waals surface area contributed by atoms with E-state index in [1.165, 1.54) is 38.1 Å². The summed E-state index contributed by atoms with van der Waals surface area (Å²) in [5.74, 6) is 1.05. The first-order valence-corrected chi connectivity index (χ1v) is 11.3. The zero-order chi connectivity index (χ0) is 7.40. The molecule has 0 atom stereocenters. The van der Waals surface area contributed by atoms with E-state index < -0.39 is 6.04 Å². The van der Waals surface area contributed by atoms with E-state index in [1.807, 2.05) is 0 Å². The maximum Gasteiger partial charge on any atom is 0.186 e. The fraction of sp³-hybridized carbons (Fsp3) is 1.00. The summed E-state index contributed by atoms with van der Waals surface area (Å²) in [6.07, 6.45) is 7.41. The van der Waals surface area contributed by atoms with Crippen molar-refractivity contribution in [3.8, 4) is 0 Å². The third-order valence-corrected chi connectivity index (χ3v) is 5.50. The van der Waals surface area contributed by atoms with E-state index in [9.17, 15) is 0 Å². The van der Waals surface area contributed by atoms with Crippen molar-refractivity contribution >= 4 is 36.6 Å². The summed E-state index contributed by atoms with van der Waals surface area (Å²) in [4.78, 5) is 0. The van der Waals surface area contributed by atoms with Crippen molar-refractivity contribution in [2.75, 3.05) is 0 Å². The highest BCUT2D eigenvalue weighted by Crippen LogP contribution is 2.29. The third kappa shape index (κ3) is 3.53. The smallest absolute Gasteiger partial charge is 0.116 e. The van der Waals surface area contributed by atoms with Gasteiger partial charge in [-0.05, 0) is 12.0 Å². The van der Waals surface area contributed by atoms with Gasteiger partial charge >= 0.3 is 0 Å². The van der Waals surface area contributed by atoms with Gasteiger partial charge in [-0.1, -0.05) is 32.1 Å². The van der Waals surface area contributed by atoms with Gasteiger partial charge in [0.1, 0.15) is 0 Å². The Balaban J connectivity index is 2.13. The molecule has 0 saturated heterocycles. The zero-order valence-corrected chi connectivity index (χ0v) is 10.5. The van der Waals surface area contributed by atoms with E-state index in [0.29, 0.717) is 0 Å². The normalized spacial score (nSPS) is 21.9. The highest BCUT2D eigenvalue weighted by atomic mass is 79.9. The summed E-state index contributed by atoms with van der Waals surface area (Å²) in [6.45, 7) is 0. The van der Waals surface area contributed by atoms with E-state index in [-0.39, 0.29) is 0 Å². The third-order valence-electron chi connectivity index (χ3n) is 2.24. The molecule has 0 aliphatic heterocycles. The Hall–Kier alpha value is 1.18. The van der Waals surface area contributed by atoms with E-state index in [2.05, 4.69) is 30.6 Å². The summed E-state index contributed by atoms with van der Waals surface area (Å²) in [7, 11) is 0. The van der Waals surface area contributed by atoms with Crippen LogP contribution in [0.3, 0.4) is 0 Å². The molecular weight excluding hydrogens is 272 g/mol. The summed E-state index contributed by atoms with van der Waals surface area (Å²) < 4.78 is 0. The van der Waals surface area contributed by atoms with Crippen LogP contribution >= 0.6 is 30.6 Å². The van der Waals surface area contributed by atoms with Crippen LogP contribution in [0, 0.1) is 5.92 Å². The first-order chi connectivity index (χ1) is 4.79. The molecule has 0 radical (unpaired) electrons. The standard InChI is InChI=1S/C7H14Br2Si/c8-10(9)6-7-4-2-1-3-5-7/h7,10H,1-6H2. The van der Waals surface area contributed by atoms with Gasteiger partial charge in [-0.25, -0.2) is 0 Å². The highest BCUT2D eigenvalue weighted by molar-refractivity contribution is 9.49. The minimum Gasteiger partial charge on any atom is -0.116 e. The van der Waals surface area contributed by atoms with Crippen LogP contribution in [0.15, 0.2) is 0 Å². The molecule has 0 nitrogen and oxygen atoms in total. The Morgan fingerprint density at radius 2 is 1.70 bits per heavy atom. The van der Waals surface area contributed by atoms with Gasteiger partial charge in [0.2, 0.25) is 0 Å². The molecule has 0 unspecified atom stereocenters. The van der Waals surface area contributed by atoms with Crippen LogP contribution in [-0.2, 0) is 0 Å². The molecule has 1 fully saturated rings. The van der Waals surface area contributed by atoms with E-state index in [4.69, 9.17) is 0 Å². The first kappa shape index (κ1) is 9.27. The van der Waals surface area contributed by atoms with Crippen molar-refractivity contribution in [3.05, 3.63) is 0 Å². The predicted molar refractivity (Wildman–Crippen MR) is 56.4 cm³/mol. The largest absolute Gasteiger partial charge is 0.186 e. The van der Waals surface area contributed by atoms with Gasteiger partial charge in [-0.3, -0.25) is 0 Å². The quantitative estimate of drug-likeness (QED) is 0.537. The molecule has 1 aliphatic carbocycles. The molecule has 60 valence electrons. The molecule has 0 aromatic rings. The predicted octanol–water partition coefficient (Wildman–Crippen LogP) is 3.58. The Morgan fingerprint density at radius 1 is 1.10 bits per heavy atom. The van der Waals surface area contributed by atoms with Crippen molar-refractivity contribution < 1.29 is 0 Å². The zero-order valence-electron chi connectivity index (χ0n) is 6.15. The molecule has 3 heteroatoms. The Bertz CT molecular complexity index is 89.6. The SMILES string of the molecule is Br[SiH](Br)CC1CCCCC1. The fourth-order valence-electron chi connectivity index (χ4n) is 1.67. The number of hydrogen-bond donors (Lipinski definition) is 0. The lowest BCUT2D eigenvalue weighted by atomic mass is 9.91. The summed E-state index contributed by atoms with van der Waals surface area (Å²) >= 11 is 7.33. The molecule has 1 rings (SSSR count). The lowest BCUT2D eigenvalue weighted by Gasteiger charge is -2.21. The number of halogens is 2. The number of rotatable bonds is 2. The van der Waals surface area contributed by atoms with Crippen molar-refractivity contribution in [1.82, 2.24) is 0 Å². The molecular formula is C7H14Br2Si. The van der Waals surface area contributed by atoms with Gasteiger partial charge in [0.15, 0.2) is 6.04 Å². The second-order valence-electron chi connectivity index (χ2n) is 3.13. The minimum atomic E-state index is -0.619. The Kier molecular flexibility index (Phi) is 4.57. The highest BCUT2D eigenvalue weighted by Gasteiger charge is 2.16. The van der Waals surface area contributed by atoms with Gasteiger partial charge in [-0.2, -0.15) is 0 Å². The molecule has 1 saturated carbocycles. The lowest BCUT2D eigenvalue weighted by Crippen LogP contribution is -2.09. The molecule has 0 amide bonds. The Labute approximate surface area is 80.5 Å².